The highest BCUT2D eigenvalue weighted by Gasteiger charge is 2.38. The molecule has 1 amide bonds. The molecule has 1 saturated heterocycles. The number of nitrogens with zero attached hydrogens (tertiary/aromatic N) is 2. The number of ether oxygens (including phenoxy) is 1. The lowest BCUT2D eigenvalue weighted by molar-refractivity contribution is 0.0185. The Bertz CT molecular complexity index is 532. The Kier molecular flexibility index (Phi) is 4.22. The van der Waals surface area contributed by atoms with E-state index in [4.69, 9.17) is 4.74 Å². The minimum atomic E-state index is -0.486. The number of likely N-dealkylation sites (tertiary alicyclic amines) is 1. The Balaban J connectivity index is 2.05. The van der Waals surface area contributed by atoms with Crippen molar-refractivity contribution >= 4 is 6.09 Å². The van der Waals surface area contributed by atoms with Crippen molar-refractivity contribution in [2.75, 3.05) is 13.1 Å². The number of carbonyl (C=O) groups is 1. The van der Waals surface area contributed by atoms with Gasteiger partial charge in [-0.1, -0.05) is 30.3 Å². The van der Waals surface area contributed by atoms with E-state index in [0.717, 1.165) is 5.56 Å². The fraction of sp³-hybridized carbons (Fsp3) is 0.529. The van der Waals surface area contributed by atoms with Crippen molar-refractivity contribution in [1.82, 2.24) is 4.90 Å². The van der Waals surface area contributed by atoms with Crippen molar-refractivity contribution < 1.29 is 9.53 Å². The number of nitriles is 1. The zero-order valence-electron chi connectivity index (χ0n) is 12.9. The molecule has 0 unspecified atom stereocenters. The summed E-state index contributed by atoms with van der Waals surface area (Å²) < 4.78 is 5.39. The number of carbonyl (C=O) groups excluding carboxylic acids is 1. The molecule has 0 saturated carbocycles. The second-order valence-corrected chi connectivity index (χ2v) is 6.53. The van der Waals surface area contributed by atoms with Crippen LogP contribution in [-0.4, -0.2) is 29.7 Å². The molecular formula is C17H22N2O2. The van der Waals surface area contributed by atoms with Crippen LogP contribution in [-0.2, 0) is 10.2 Å². The van der Waals surface area contributed by atoms with E-state index in [-0.39, 0.29) is 6.09 Å². The molecule has 2 rings (SSSR count). The quantitative estimate of drug-likeness (QED) is 0.794. The van der Waals surface area contributed by atoms with Gasteiger partial charge in [-0.05, 0) is 39.2 Å². The zero-order chi connectivity index (χ0) is 15.5. The van der Waals surface area contributed by atoms with Crippen molar-refractivity contribution in [1.29, 1.82) is 5.26 Å². The molecular weight excluding hydrogens is 264 g/mol. The highest BCUT2D eigenvalue weighted by molar-refractivity contribution is 5.68. The molecule has 0 aliphatic carbocycles. The summed E-state index contributed by atoms with van der Waals surface area (Å²) in [6.45, 7) is 6.68. The Morgan fingerprint density at radius 1 is 1.24 bits per heavy atom. The van der Waals surface area contributed by atoms with Gasteiger partial charge in [0.05, 0.1) is 11.5 Å². The fourth-order valence-corrected chi connectivity index (χ4v) is 2.62. The van der Waals surface area contributed by atoms with Crippen LogP contribution in [0, 0.1) is 11.3 Å². The average molecular weight is 286 g/mol. The van der Waals surface area contributed by atoms with Gasteiger partial charge in [-0.25, -0.2) is 4.79 Å². The molecule has 21 heavy (non-hydrogen) atoms. The molecule has 0 N–H and O–H groups in total. The van der Waals surface area contributed by atoms with Crippen LogP contribution in [0.1, 0.15) is 39.2 Å². The lowest BCUT2D eigenvalue weighted by atomic mass is 9.74. The third kappa shape index (κ3) is 3.55. The summed E-state index contributed by atoms with van der Waals surface area (Å²) in [5, 5.41) is 9.62. The zero-order valence-corrected chi connectivity index (χ0v) is 12.9. The van der Waals surface area contributed by atoms with Gasteiger partial charge in [-0.3, -0.25) is 0 Å². The first-order valence-electron chi connectivity index (χ1n) is 7.31. The number of hydrogen-bond donors (Lipinski definition) is 0. The van der Waals surface area contributed by atoms with Crippen LogP contribution in [0.5, 0.6) is 0 Å². The molecule has 4 heteroatoms. The van der Waals surface area contributed by atoms with Crippen LogP contribution in [0.25, 0.3) is 0 Å². The summed E-state index contributed by atoms with van der Waals surface area (Å²) in [5.41, 5.74) is 0.0661. The summed E-state index contributed by atoms with van der Waals surface area (Å²) in [7, 11) is 0. The van der Waals surface area contributed by atoms with Crippen molar-refractivity contribution in [3.05, 3.63) is 35.9 Å². The van der Waals surface area contributed by atoms with Gasteiger partial charge >= 0.3 is 6.09 Å². The number of amides is 1. The van der Waals surface area contributed by atoms with Crippen molar-refractivity contribution in [2.45, 2.75) is 44.6 Å². The Labute approximate surface area is 126 Å². The predicted octanol–water partition coefficient (Wildman–Crippen LogP) is 3.48. The van der Waals surface area contributed by atoms with Crippen LogP contribution < -0.4 is 0 Å². The van der Waals surface area contributed by atoms with Gasteiger partial charge in [-0.2, -0.15) is 5.26 Å². The van der Waals surface area contributed by atoms with Crippen molar-refractivity contribution in [3.8, 4) is 6.07 Å². The van der Waals surface area contributed by atoms with Crippen molar-refractivity contribution in [3.63, 3.8) is 0 Å². The molecule has 1 fully saturated rings. The number of benzene rings is 1. The number of piperidine rings is 1. The molecule has 1 aliphatic rings. The molecule has 0 radical (unpaired) electrons. The highest BCUT2D eigenvalue weighted by Crippen LogP contribution is 2.35. The summed E-state index contributed by atoms with van der Waals surface area (Å²) in [6.07, 6.45) is 1.00. The second-order valence-electron chi connectivity index (χ2n) is 6.53. The monoisotopic (exact) mass is 286 g/mol. The van der Waals surface area contributed by atoms with Gasteiger partial charge in [0.25, 0.3) is 0 Å². The Hall–Kier alpha value is -2.02. The number of rotatable bonds is 1. The standard InChI is InChI=1S/C17H22N2O2/c1-16(2,3)21-15(20)19-11-9-17(13-18,10-12-19)14-7-5-4-6-8-14/h4-8H,9-12H2,1-3H3. The number of hydrogen-bond acceptors (Lipinski definition) is 3. The first kappa shape index (κ1) is 15.4. The van der Waals surface area contributed by atoms with Crippen LogP contribution in [0.3, 0.4) is 0 Å². The Morgan fingerprint density at radius 3 is 2.29 bits per heavy atom. The van der Waals surface area contributed by atoms with E-state index in [1.807, 2.05) is 51.1 Å². The van der Waals surface area contributed by atoms with Crippen LogP contribution in [0.2, 0.25) is 0 Å². The van der Waals surface area contributed by atoms with E-state index < -0.39 is 11.0 Å². The first-order valence-corrected chi connectivity index (χ1v) is 7.31. The molecule has 1 aliphatic heterocycles. The maximum atomic E-state index is 12.1. The van der Waals surface area contributed by atoms with E-state index >= 15 is 0 Å². The lowest BCUT2D eigenvalue weighted by Gasteiger charge is -2.38. The smallest absolute Gasteiger partial charge is 0.410 e. The lowest BCUT2D eigenvalue weighted by Crippen LogP contribution is -2.46. The molecule has 0 atom stereocenters. The first-order chi connectivity index (χ1) is 9.86. The van der Waals surface area contributed by atoms with E-state index in [1.165, 1.54) is 0 Å². The SMILES string of the molecule is CC(C)(C)OC(=O)N1CCC(C#N)(c2ccccc2)CC1. The fourth-order valence-electron chi connectivity index (χ4n) is 2.62. The third-order valence-corrected chi connectivity index (χ3v) is 3.81. The van der Waals surface area contributed by atoms with Gasteiger partial charge in [-0.15, -0.1) is 0 Å². The third-order valence-electron chi connectivity index (χ3n) is 3.81. The van der Waals surface area contributed by atoms with Crippen LogP contribution in [0.4, 0.5) is 4.79 Å². The molecule has 0 aromatic heterocycles. The average Bonchev–Trinajstić information content (AvgIpc) is 2.46. The summed E-state index contributed by atoms with van der Waals surface area (Å²) in [5.74, 6) is 0. The van der Waals surface area contributed by atoms with Gasteiger partial charge in [0.15, 0.2) is 0 Å². The maximum Gasteiger partial charge on any atom is 0.410 e. The Morgan fingerprint density at radius 2 is 1.81 bits per heavy atom. The summed E-state index contributed by atoms with van der Waals surface area (Å²) >= 11 is 0. The second kappa shape index (κ2) is 5.77. The maximum absolute atomic E-state index is 12.1. The molecule has 0 spiro atoms. The summed E-state index contributed by atoms with van der Waals surface area (Å²) in [6, 6.07) is 12.3. The molecule has 0 bridgehead atoms. The molecule has 1 heterocycles. The van der Waals surface area contributed by atoms with Crippen molar-refractivity contribution in [2.24, 2.45) is 0 Å². The van der Waals surface area contributed by atoms with Crippen LogP contribution in [0.15, 0.2) is 30.3 Å². The van der Waals surface area contributed by atoms with Gasteiger partial charge < -0.3 is 9.64 Å². The molecule has 1 aromatic carbocycles. The van der Waals surface area contributed by atoms with Gasteiger partial charge in [0.1, 0.15) is 5.60 Å². The van der Waals surface area contributed by atoms with E-state index in [0.29, 0.717) is 25.9 Å². The summed E-state index contributed by atoms with van der Waals surface area (Å²) in [4.78, 5) is 13.8. The van der Waals surface area contributed by atoms with E-state index in [1.54, 1.807) is 4.90 Å². The molecule has 1 aromatic rings. The van der Waals surface area contributed by atoms with Gasteiger partial charge in [0.2, 0.25) is 0 Å². The predicted molar refractivity (Wildman–Crippen MR) is 80.8 cm³/mol. The van der Waals surface area contributed by atoms with Crippen LogP contribution >= 0.6 is 0 Å². The molecule has 112 valence electrons. The topological polar surface area (TPSA) is 53.3 Å². The highest BCUT2D eigenvalue weighted by atomic mass is 16.6. The normalized spacial score (nSPS) is 17.9. The molecule has 4 nitrogen and oxygen atoms in total. The minimum Gasteiger partial charge on any atom is -0.444 e. The largest absolute Gasteiger partial charge is 0.444 e. The van der Waals surface area contributed by atoms with Gasteiger partial charge in [0, 0.05) is 13.1 Å². The minimum absolute atomic E-state index is 0.290. The van der Waals surface area contributed by atoms with E-state index in [9.17, 15) is 10.1 Å². The van der Waals surface area contributed by atoms with E-state index in [2.05, 4.69) is 6.07 Å².